The number of anilines is 1. The van der Waals surface area contributed by atoms with Crippen molar-refractivity contribution in [2.45, 2.75) is 12.0 Å². The van der Waals surface area contributed by atoms with E-state index in [1.54, 1.807) is 6.07 Å². The van der Waals surface area contributed by atoms with E-state index in [2.05, 4.69) is 15.3 Å². The van der Waals surface area contributed by atoms with E-state index in [-0.39, 0.29) is 16.6 Å². The molecule has 10 heteroatoms. The second kappa shape index (κ2) is 8.10. The van der Waals surface area contributed by atoms with Crippen molar-refractivity contribution in [1.82, 2.24) is 4.98 Å². The highest BCUT2D eigenvalue weighted by Crippen LogP contribution is 2.46. The molecule has 1 aromatic carbocycles. The van der Waals surface area contributed by atoms with Gasteiger partial charge in [0.2, 0.25) is 0 Å². The Morgan fingerprint density at radius 2 is 2.21 bits per heavy atom. The van der Waals surface area contributed by atoms with E-state index in [0.29, 0.717) is 46.8 Å². The van der Waals surface area contributed by atoms with Gasteiger partial charge in [0.15, 0.2) is 5.17 Å². The third-order valence-corrected chi connectivity index (χ3v) is 6.53. The van der Waals surface area contributed by atoms with Crippen molar-refractivity contribution in [3.05, 3.63) is 57.6 Å². The van der Waals surface area contributed by atoms with Gasteiger partial charge >= 0.3 is 0 Å². The fourth-order valence-corrected chi connectivity index (χ4v) is 5.10. The lowest BCUT2D eigenvalue weighted by Crippen LogP contribution is -2.47. The Bertz CT molecular complexity index is 1010. The molecule has 0 bridgehead atoms. The number of carbonyl (C=O) groups is 1. The molecular formula is C19H17Cl2FN4O2S. The molecule has 4 rings (SSSR count). The number of halogens is 3. The molecule has 0 aliphatic carbocycles. The quantitative estimate of drug-likeness (QED) is 0.729. The third-order valence-electron chi connectivity index (χ3n) is 5.08. The van der Waals surface area contributed by atoms with Gasteiger partial charge in [0.05, 0.1) is 22.2 Å². The Kier molecular flexibility index (Phi) is 5.70. The number of nitrogens with one attached hydrogen (secondary N) is 1. The summed E-state index contributed by atoms with van der Waals surface area (Å²) < 4.78 is 20.5. The van der Waals surface area contributed by atoms with E-state index in [1.807, 2.05) is 0 Å². The molecule has 0 radical (unpaired) electrons. The summed E-state index contributed by atoms with van der Waals surface area (Å²) in [5, 5.41) is 3.59. The van der Waals surface area contributed by atoms with Crippen LogP contribution < -0.4 is 11.1 Å². The van der Waals surface area contributed by atoms with Crippen molar-refractivity contribution >= 4 is 51.7 Å². The summed E-state index contributed by atoms with van der Waals surface area (Å²) in [5.74, 6) is -0.245. The number of pyridine rings is 1. The van der Waals surface area contributed by atoms with Crippen LogP contribution in [0.2, 0.25) is 10.0 Å². The van der Waals surface area contributed by atoms with Gasteiger partial charge in [0.1, 0.15) is 11.5 Å². The molecule has 2 aliphatic rings. The summed E-state index contributed by atoms with van der Waals surface area (Å²) in [6, 6.07) is 5.83. The van der Waals surface area contributed by atoms with Crippen LogP contribution >= 0.6 is 35.0 Å². The predicted octanol–water partition coefficient (Wildman–Crippen LogP) is 4.07. The normalized spacial score (nSPS) is 23.8. The van der Waals surface area contributed by atoms with Crippen LogP contribution in [0, 0.1) is 11.7 Å². The number of benzene rings is 1. The minimum atomic E-state index is -0.811. The first kappa shape index (κ1) is 20.4. The molecule has 2 aromatic rings. The molecule has 0 spiro atoms. The van der Waals surface area contributed by atoms with Gasteiger partial charge in [-0.25, -0.2) is 9.37 Å². The zero-order valence-corrected chi connectivity index (χ0v) is 17.5. The van der Waals surface area contributed by atoms with Crippen molar-refractivity contribution in [1.29, 1.82) is 0 Å². The van der Waals surface area contributed by atoms with Crippen LogP contribution in [0.15, 0.2) is 35.5 Å². The molecular weight excluding hydrogens is 438 g/mol. The molecule has 3 N–H and O–H groups in total. The summed E-state index contributed by atoms with van der Waals surface area (Å²) in [6.45, 7) is 0.933. The molecule has 2 atom stereocenters. The summed E-state index contributed by atoms with van der Waals surface area (Å²) in [5.41, 5.74) is 6.00. The number of aliphatic imine (C=N–C) groups is 1. The van der Waals surface area contributed by atoms with Crippen LogP contribution in [0.1, 0.15) is 22.5 Å². The Balaban J connectivity index is 1.69. The van der Waals surface area contributed by atoms with Crippen molar-refractivity contribution < 1.29 is 13.9 Å². The van der Waals surface area contributed by atoms with Gasteiger partial charge in [0.25, 0.3) is 5.91 Å². The standard InChI is InChI=1S/C19H17Cl2FN4O2S/c20-11-5-14(21)16(24-7-11)17(27)25-12-1-2-15(22)13(6-12)19-3-4-28-8-10(19)9-29-18(23)26-19/h1-2,5-7,10H,3-4,8-9H2,(H2,23,26)(H,25,27)/t10?,19-/m0/s1. The monoisotopic (exact) mass is 454 g/mol. The zero-order valence-electron chi connectivity index (χ0n) is 15.1. The molecule has 1 fully saturated rings. The van der Waals surface area contributed by atoms with Gasteiger partial charge < -0.3 is 15.8 Å². The van der Waals surface area contributed by atoms with Crippen LogP contribution in [0.25, 0.3) is 0 Å². The minimum absolute atomic E-state index is 0.0126. The van der Waals surface area contributed by atoms with E-state index in [4.69, 9.17) is 33.7 Å². The molecule has 29 heavy (non-hydrogen) atoms. The first-order valence-corrected chi connectivity index (χ1v) is 10.6. The van der Waals surface area contributed by atoms with Crippen molar-refractivity contribution in [3.8, 4) is 0 Å². The summed E-state index contributed by atoms with van der Waals surface area (Å²) in [7, 11) is 0. The van der Waals surface area contributed by atoms with E-state index >= 15 is 0 Å². The number of thioether (sulfide) groups is 1. The number of fused-ring (bicyclic) bond motifs is 1. The highest BCUT2D eigenvalue weighted by atomic mass is 35.5. The largest absolute Gasteiger partial charge is 0.381 e. The van der Waals surface area contributed by atoms with E-state index in [1.165, 1.54) is 36.2 Å². The first-order chi connectivity index (χ1) is 13.9. The number of nitrogens with zero attached hydrogens (tertiary/aromatic N) is 2. The Labute approximate surface area is 181 Å². The maximum atomic E-state index is 14.9. The van der Waals surface area contributed by atoms with Crippen molar-refractivity contribution in [2.24, 2.45) is 16.6 Å². The van der Waals surface area contributed by atoms with Gasteiger partial charge in [-0.3, -0.25) is 9.79 Å². The lowest BCUT2D eigenvalue weighted by Gasteiger charge is -2.44. The van der Waals surface area contributed by atoms with Gasteiger partial charge in [-0.1, -0.05) is 35.0 Å². The summed E-state index contributed by atoms with van der Waals surface area (Å²) in [6.07, 6.45) is 1.85. The lowest BCUT2D eigenvalue weighted by molar-refractivity contribution is 0.00886. The van der Waals surface area contributed by atoms with Crippen LogP contribution in [0.5, 0.6) is 0 Å². The Morgan fingerprint density at radius 3 is 3.00 bits per heavy atom. The Morgan fingerprint density at radius 1 is 1.38 bits per heavy atom. The van der Waals surface area contributed by atoms with Crippen molar-refractivity contribution in [2.75, 3.05) is 24.3 Å². The molecule has 1 unspecified atom stereocenters. The van der Waals surface area contributed by atoms with E-state index < -0.39 is 17.3 Å². The fraction of sp³-hybridized carbons (Fsp3) is 0.316. The lowest BCUT2D eigenvalue weighted by atomic mass is 9.75. The average molecular weight is 455 g/mol. The number of ether oxygens (including phenoxy) is 1. The Hall–Kier alpha value is -1.87. The average Bonchev–Trinajstić information content (AvgIpc) is 2.69. The molecule has 1 saturated heterocycles. The molecule has 0 saturated carbocycles. The van der Waals surface area contributed by atoms with Gasteiger partial charge in [-0.05, 0) is 24.3 Å². The molecule has 6 nitrogen and oxygen atoms in total. The zero-order chi connectivity index (χ0) is 20.6. The van der Waals surface area contributed by atoms with Gasteiger partial charge in [0, 0.05) is 42.1 Å². The van der Waals surface area contributed by atoms with Gasteiger partial charge in [-0.15, -0.1) is 0 Å². The van der Waals surface area contributed by atoms with Crippen molar-refractivity contribution in [3.63, 3.8) is 0 Å². The van der Waals surface area contributed by atoms with Gasteiger partial charge in [-0.2, -0.15) is 0 Å². The van der Waals surface area contributed by atoms with Crippen LogP contribution in [0.4, 0.5) is 10.1 Å². The number of carbonyl (C=O) groups excluding carboxylic acids is 1. The van der Waals surface area contributed by atoms with E-state index in [9.17, 15) is 9.18 Å². The maximum absolute atomic E-state index is 14.9. The number of amides is 1. The maximum Gasteiger partial charge on any atom is 0.275 e. The predicted molar refractivity (Wildman–Crippen MR) is 113 cm³/mol. The third kappa shape index (κ3) is 3.94. The van der Waals surface area contributed by atoms with Crippen LogP contribution in [-0.2, 0) is 10.3 Å². The number of nitrogens with two attached hydrogens (primary N) is 1. The number of rotatable bonds is 3. The number of aromatic nitrogens is 1. The van der Waals surface area contributed by atoms with Crippen LogP contribution in [-0.4, -0.2) is 35.0 Å². The molecule has 3 heterocycles. The molecule has 1 aromatic heterocycles. The highest BCUT2D eigenvalue weighted by molar-refractivity contribution is 8.13. The molecule has 152 valence electrons. The summed E-state index contributed by atoms with van der Waals surface area (Å²) in [4.78, 5) is 21.2. The molecule has 2 aliphatic heterocycles. The smallest absolute Gasteiger partial charge is 0.275 e. The fourth-order valence-electron chi connectivity index (χ4n) is 3.66. The molecule has 1 amide bonds. The first-order valence-electron chi connectivity index (χ1n) is 8.87. The second-order valence-corrected chi connectivity index (χ2v) is 8.72. The number of hydrogen-bond acceptors (Lipinski definition) is 6. The number of amidine groups is 1. The topological polar surface area (TPSA) is 89.6 Å². The highest BCUT2D eigenvalue weighted by Gasteiger charge is 2.47. The van der Waals surface area contributed by atoms with E-state index in [0.717, 1.165) is 0 Å². The minimum Gasteiger partial charge on any atom is -0.381 e. The summed E-state index contributed by atoms with van der Waals surface area (Å²) >= 11 is 13.3. The van der Waals surface area contributed by atoms with Crippen LogP contribution in [0.3, 0.4) is 0 Å². The second-order valence-electron chi connectivity index (χ2n) is 6.84. The SMILES string of the molecule is NC1=N[C@@]2(c3cc(NC(=O)c4ncc(Cl)cc4Cl)ccc3F)CCOCC2CS1. The number of hydrogen-bond donors (Lipinski definition) is 2.